The second-order valence-electron chi connectivity index (χ2n) is 5.27. The fourth-order valence-corrected chi connectivity index (χ4v) is 3.09. The highest BCUT2D eigenvalue weighted by molar-refractivity contribution is 7.92. The van der Waals surface area contributed by atoms with Gasteiger partial charge in [-0.25, -0.2) is 8.42 Å². The number of aromatic amines is 1. The quantitative estimate of drug-likeness (QED) is 0.777. The minimum absolute atomic E-state index is 0.0698. The molecule has 0 bridgehead atoms. The predicted octanol–water partition coefficient (Wildman–Crippen LogP) is 1.74. The number of primary amides is 1. The summed E-state index contributed by atoms with van der Waals surface area (Å²) < 4.78 is 27.2. The van der Waals surface area contributed by atoms with Crippen molar-refractivity contribution in [2.24, 2.45) is 5.73 Å². The van der Waals surface area contributed by atoms with Gasteiger partial charge in [-0.15, -0.1) is 0 Å². The number of nitrogens with zero attached hydrogens (tertiary/aromatic N) is 1. The van der Waals surface area contributed by atoms with Crippen molar-refractivity contribution in [3.05, 3.63) is 41.2 Å². The monoisotopic (exact) mass is 322 g/mol. The molecule has 0 atom stereocenters. The molecule has 0 aliphatic carbocycles. The highest BCUT2D eigenvalue weighted by atomic mass is 32.2. The fourth-order valence-electron chi connectivity index (χ4n) is 1.96. The minimum Gasteiger partial charge on any atom is -0.364 e. The third kappa shape index (κ3) is 3.11. The number of aryl methyl sites for hydroxylation is 1. The van der Waals surface area contributed by atoms with Crippen LogP contribution < -0.4 is 10.5 Å². The van der Waals surface area contributed by atoms with Crippen LogP contribution >= 0.6 is 0 Å². The second-order valence-corrected chi connectivity index (χ2v) is 6.95. The van der Waals surface area contributed by atoms with Gasteiger partial charge in [-0.05, 0) is 30.5 Å². The Morgan fingerprint density at radius 1 is 1.27 bits per heavy atom. The number of rotatable bonds is 5. The first kappa shape index (κ1) is 16.0. The van der Waals surface area contributed by atoms with E-state index in [2.05, 4.69) is 14.9 Å². The normalized spacial score (nSPS) is 11.6. The molecule has 0 fully saturated rings. The Morgan fingerprint density at radius 2 is 1.86 bits per heavy atom. The fraction of sp³-hybridized carbons (Fsp3) is 0.286. The van der Waals surface area contributed by atoms with E-state index < -0.39 is 15.9 Å². The van der Waals surface area contributed by atoms with Crippen molar-refractivity contribution in [1.29, 1.82) is 0 Å². The lowest BCUT2D eigenvalue weighted by Crippen LogP contribution is -2.18. The second kappa shape index (κ2) is 5.80. The molecule has 1 aromatic heterocycles. The standard InChI is InChI=1S/C14H18N4O3S/c1-8(2)10-4-6-11(7-5-10)22(20,21)18-12-9(3)16-17-13(12)14(15)19/h4-8,18H,1-3H3,(H2,15,19)(H,16,17). The van der Waals surface area contributed by atoms with E-state index in [1.54, 1.807) is 19.1 Å². The number of H-pyrrole nitrogens is 1. The highest BCUT2D eigenvalue weighted by Gasteiger charge is 2.22. The molecule has 0 spiro atoms. The molecule has 1 aromatic carbocycles. The molecule has 8 heteroatoms. The van der Waals surface area contributed by atoms with Crippen molar-refractivity contribution >= 4 is 21.6 Å². The molecule has 1 amide bonds. The Bertz CT molecular complexity index is 792. The number of amides is 1. The van der Waals surface area contributed by atoms with Crippen LogP contribution in [0.25, 0.3) is 0 Å². The van der Waals surface area contributed by atoms with Gasteiger partial charge in [0, 0.05) is 0 Å². The molecule has 7 nitrogen and oxygen atoms in total. The first-order chi connectivity index (χ1) is 10.2. The van der Waals surface area contributed by atoms with Gasteiger partial charge < -0.3 is 5.73 Å². The number of aromatic nitrogens is 2. The lowest BCUT2D eigenvalue weighted by atomic mass is 10.0. The van der Waals surface area contributed by atoms with Gasteiger partial charge in [0.25, 0.3) is 15.9 Å². The van der Waals surface area contributed by atoms with Gasteiger partial charge in [-0.2, -0.15) is 5.10 Å². The molecule has 0 aliphatic rings. The van der Waals surface area contributed by atoms with Crippen LogP contribution in [0.1, 0.15) is 41.5 Å². The largest absolute Gasteiger partial charge is 0.364 e. The first-order valence-electron chi connectivity index (χ1n) is 6.70. The average molecular weight is 322 g/mol. The van der Waals surface area contributed by atoms with E-state index in [1.165, 1.54) is 12.1 Å². The third-order valence-corrected chi connectivity index (χ3v) is 4.64. The number of anilines is 1. The number of hydrogen-bond acceptors (Lipinski definition) is 4. The van der Waals surface area contributed by atoms with E-state index in [4.69, 9.17) is 5.73 Å². The Kier molecular flexibility index (Phi) is 4.23. The van der Waals surface area contributed by atoms with Crippen molar-refractivity contribution < 1.29 is 13.2 Å². The summed E-state index contributed by atoms with van der Waals surface area (Å²) in [6.45, 7) is 5.64. The van der Waals surface area contributed by atoms with E-state index in [1.807, 2.05) is 13.8 Å². The van der Waals surface area contributed by atoms with Gasteiger partial charge in [-0.1, -0.05) is 26.0 Å². The average Bonchev–Trinajstić information content (AvgIpc) is 2.80. The van der Waals surface area contributed by atoms with Gasteiger partial charge >= 0.3 is 0 Å². The number of carbonyl (C=O) groups excluding carboxylic acids is 1. The lowest BCUT2D eigenvalue weighted by Gasteiger charge is -2.10. The maximum atomic E-state index is 12.4. The molecule has 0 saturated carbocycles. The molecular formula is C14H18N4O3S. The van der Waals surface area contributed by atoms with Crippen LogP contribution in [0.2, 0.25) is 0 Å². The Labute approximate surface area is 129 Å². The molecule has 22 heavy (non-hydrogen) atoms. The number of benzene rings is 1. The number of nitrogens with one attached hydrogen (secondary N) is 2. The Morgan fingerprint density at radius 3 is 2.36 bits per heavy atom. The van der Waals surface area contributed by atoms with E-state index in [0.29, 0.717) is 11.6 Å². The zero-order valence-electron chi connectivity index (χ0n) is 12.5. The van der Waals surface area contributed by atoms with Crippen molar-refractivity contribution in [3.63, 3.8) is 0 Å². The number of nitrogens with two attached hydrogens (primary N) is 1. The summed E-state index contributed by atoms with van der Waals surface area (Å²) >= 11 is 0. The topological polar surface area (TPSA) is 118 Å². The van der Waals surface area contributed by atoms with E-state index >= 15 is 0 Å². The molecule has 4 N–H and O–H groups in total. The molecule has 2 rings (SSSR count). The van der Waals surface area contributed by atoms with Gasteiger partial charge in [0.05, 0.1) is 10.6 Å². The van der Waals surface area contributed by atoms with Gasteiger partial charge in [0.1, 0.15) is 5.69 Å². The van der Waals surface area contributed by atoms with Crippen molar-refractivity contribution in [1.82, 2.24) is 10.2 Å². The van der Waals surface area contributed by atoms with E-state index in [-0.39, 0.29) is 16.3 Å². The van der Waals surface area contributed by atoms with Crippen LogP contribution in [0.5, 0.6) is 0 Å². The lowest BCUT2D eigenvalue weighted by molar-refractivity contribution is 0.0996. The minimum atomic E-state index is -3.82. The van der Waals surface area contributed by atoms with Crippen LogP contribution in [0.4, 0.5) is 5.69 Å². The summed E-state index contributed by atoms with van der Waals surface area (Å²) in [5.41, 5.74) is 6.56. The van der Waals surface area contributed by atoms with Crippen LogP contribution in [-0.2, 0) is 10.0 Å². The maximum Gasteiger partial charge on any atom is 0.271 e. The summed E-state index contributed by atoms with van der Waals surface area (Å²) in [6.07, 6.45) is 0. The molecule has 0 radical (unpaired) electrons. The zero-order valence-corrected chi connectivity index (χ0v) is 13.4. The smallest absolute Gasteiger partial charge is 0.271 e. The summed E-state index contributed by atoms with van der Waals surface area (Å²) in [4.78, 5) is 11.4. The molecule has 0 saturated heterocycles. The van der Waals surface area contributed by atoms with Crippen molar-refractivity contribution in [3.8, 4) is 0 Å². The molecule has 118 valence electrons. The summed E-state index contributed by atoms with van der Waals surface area (Å²) in [6, 6.07) is 6.57. The number of sulfonamides is 1. The predicted molar refractivity (Wildman–Crippen MR) is 83.2 cm³/mol. The Hall–Kier alpha value is -2.35. The summed E-state index contributed by atoms with van der Waals surface area (Å²) in [5, 5.41) is 6.24. The van der Waals surface area contributed by atoms with Crippen LogP contribution in [-0.4, -0.2) is 24.5 Å². The number of hydrogen-bond donors (Lipinski definition) is 3. The summed E-state index contributed by atoms with van der Waals surface area (Å²) in [5.74, 6) is -0.500. The molecule has 1 heterocycles. The van der Waals surface area contributed by atoms with E-state index in [0.717, 1.165) is 5.56 Å². The van der Waals surface area contributed by atoms with Gasteiger partial charge in [0.2, 0.25) is 0 Å². The highest BCUT2D eigenvalue weighted by Crippen LogP contribution is 2.23. The van der Waals surface area contributed by atoms with E-state index in [9.17, 15) is 13.2 Å². The third-order valence-electron chi connectivity index (χ3n) is 3.27. The molecule has 0 unspecified atom stereocenters. The number of carbonyl (C=O) groups is 1. The van der Waals surface area contributed by atoms with Gasteiger partial charge in [0.15, 0.2) is 5.69 Å². The van der Waals surface area contributed by atoms with Crippen LogP contribution in [0.3, 0.4) is 0 Å². The van der Waals surface area contributed by atoms with Crippen LogP contribution in [0, 0.1) is 6.92 Å². The maximum absolute atomic E-state index is 12.4. The molecule has 0 aliphatic heterocycles. The first-order valence-corrected chi connectivity index (χ1v) is 8.18. The summed E-state index contributed by atoms with van der Waals surface area (Å²) in [7, 11) is -3.82. The van der Waals surface area contributed by atoms with Crippen molar-refractivity contribution in [2.75, 3.05) is 4.72 Å². The molecule has 2 aromatic rings. The molecular weight excluding hydrogens is 304 g/mol. The Balaban J connectivity index is 2.36. The van der Waals surface area contributed by atoms with Gasteiger partial charge in [-0.3, -0.25) is 14.6 Å². The SMILES string of the molecule is Cc1[nH]nc(C(N)=O)c1NS(=O)(=O)c1ccc(C(C)C)cc1. The zero-order chi connectivity index (χ0) is 16.5. The van der Waals surface area contributed by atoms with Crippen LogP contribution in [0.15, 0.2) is 29.2 Å². The van der Waals surface area contributed by atoms with Crippen molar-refractivity contribution in [2.45, 2.75) is 31.6 Å².